The number of sulfonamides is 1. The average Bonchev–Trinajstić information content (AvgIpc) is 3.23. The van der Waals surface area contributed by atoms with E-state index in [9.17, 15) is 13.2 Å². The fraction of sp³-hybridized carbons (Fsp3) is 0.476. The third-order valence-corrected chi connectivity index (χ3v) is 7.73. The zero-order chi connectivity index (χ0) is 21.7. The van der Waals surface area contributed by atoms with Gasteiger partial charge in [0, 0.05) is 50.9 Å². The topological polar surface area (TPSA) is 81.7 Å². The number of anilines is 1. The molecule has 30 heavy (non-hydrogen) atoms. The van der Waals surface area contributed by atoms with Crippen molar-refractivity contribution in [3.8, 4) is 0 Å². The molecule has 0 spiro atoms. The van der Waals surface area contributed by atoms with Gasteiger partial charge in [-0.2, -0.15) is 11.3 Å². The van der Waals surface area contributed by atoms with Crippen LogP contribution in [0.15, 0.2) is 39.9 Å². The first kappa shape index (κ1) is 22.9. The van der Waals surface area contributed by atoms with Gasteiger partial charge in [-0.25, -0.2) is 13.1 Å². The number of likely N-dealkylation sites (N-methyl/N-ethyl adjacent to an activating group) is 1. The van der Waals surface area contributed by atoms with Gasteiger partial charge in [0.2, 0.25) is 15.9 Å². The standard InChI is InChI=1S/C21H30N4O3S2/c1-4-21(26)23-18-5-6-20(16(2)13-18)30(27,28)22-14-19(17-7-12-29-15-17)25-10-8-24(3)9-11-25/h5-7,12-13,15,19,22H,4,8-11,14H2,1-3H3,(H,23,26). The monoisotopic (exact) mass is 450 g/mol. The molecule has 164 valence electrons. The number of nitrogens with zero attached hydrogens (tertiary/aromatic N) is 2. The molecule has 0 radical (unpaired) electrons. The highest BCUT2D eigenvalue weighted by Gasteiger charge is 2.26. The van der Waals surface area contributed by atoms with Crippen molar-refractivity contribution in [3.63, 3.8) is 0 Å². The number of aryl methyl sites for hydroxylation is 1. The smallest absolute Gasteiger partial charge is 0.240 e. The average molecular weight is 451 g/mol. The van der Waals surface area contributed by atoms with Crippen LogP contribution in [-0.4, -0.2) is 63.9 Å². The first-order valence-electron chi connectivity index (χ1n) is 10.1. The van der Waals surface area contributed by atoms with Gasteiger partial charge in [0.15, 0.2) is 0 Å². The molecule has 1 fully saturated rings. The summed E-state index contributed by atoms with van der Waals surface area (Å²) < 4.78 is 28.9. The van der Waals surface area contributed by atoms with Crippen molar-refractivity contribution in [3.05, 3.63) is 46.2 Å². The summed E-state index contributed by atoms with van der Waals surface area (Å²) in [6.45, 7) is 7.58. The number of carbonyl (C=O) groups is 1. The lowest BCUT2D eigenvalue weighted by Crippen LogP contribution is -2.48. The highest BCUT2D eigenvalue weighted by molar-refractivity contribution is 7.89. The van der Waals surface area contributed by atoms with Gasteiger partial charge in [0.25, 0.3) is 0 Å². The second-order valence-corrected chi connectivity index (χ2v) is 10.2. The Hall–Kier alpha value is -1.78. The minimum Gasteiger partial charge on any atom is -0.326 e. The predicted octanol–water partition coefficient (Wildman–Crippen LogP) is 2.67. The van der Waals surface area contributed by atoms with E-state index < -0.39 is 10.0 Å². The predicted molar refractivity (Wildman–Crippen MR) is 121 cm³/mol. The van der Waals surface area contributed by atoms with Gasteiger partial charge in [-0.1, -0.05) is 6.92 Å². The number of nitrogens with one attached hydrogen (secondary N) is 2. The summed E-state index contributed by atoms with van der Waals surface area (Å²) in [7, 11) is -1.57. The third-order valence-electron chi connectivity index (χ3n) is 5.44. The molecule has 1 atom stereocenters. The van der Waals surface area contributed by atoms with Gasteiger partial charge in [-0.3, -0.25) is 9.69 Å². The summed E-state index contributed by atoms with van der Waals surface area (Å²) in [4.78, 5) is 16.5. The Morgan fingerprint density at radius 1 is 1.20 bits per heavy atom. The van der Waals surface area contributed by atoms with E-state index in [-0.39, 0.29) is 16.8 Å². The van der Waals surface area contributed by atoms with Crippen molar-refractivity contribution >= 4 is 33.0 Å². The van der Waals surface area contributed by atoms with E-state index in [1.54, 1.807) is 43.4 Å². The number of benzene rings is 1. The molecule has 0 saturated carbocycles. The number of piperazine rings is 1. The van der Waals surface area contributed by atoms with Crippen LogP contribution < -0.4 is 10.0 Å². The summed E-state index contributed by atoms with van der Waals surface area (Å²) in [5, 5.41) is 6.88. The van der Waals surface area contributed by atoms with Crippen LogP contribution in [0.2, 0.25) is 0 Å². The van der Waals surface area contributed by atoms with E-state index in [0.717, 1.165) is 31.7 Å². The van der Waals surface area contributed by atoms with Crippen molar-refractivity contribution < 1.29 is 13.2 Å². The Labute approximate surface area is 183 Å². The van der Waals surface area contributed by atoms with Gasteiger partial charge >= 0.3 is 0 Å². The summed E-state index contributed by atoms with van der Waals surface area (Å²) >= 11 is 1.62. The van der Waals surface area contributed by atoms with Gasteiger partial charge in [0.05, 0.1) is 4.90 Å². The molecule has 2 heterocycles. The molecule has 1 aliphatic rings. The molecule has 7 nitrogen and oxygen atoms in total. The second-order valence-electron chi connectivity index (χ2n) is 7.65. The Bertz CT molecular complexity index is 953. The molecule has 1 aromatic heterocycles. The molecular weight excluding hydrogens is 420 g/mol. The van der Waals surface area contributed by atoms with E-state index >= 15 is 0 Å². The largest absolute Gasteiger partial charge is 0.326 e. The van der Waals surface area contributed by atoms with Crippen molar-refractivity contribution in [2.45, 2.75) is 31.2 Å². The van der Waals surface area contributed by atoms with Crippen LogP contribution in [0.5, 0.6) is 0 Å². The molecular formula is C21H30N4O3S2. The van der Waals surface area contributed by atoms with Crippen molar-refractivity contribution in [2.24, 2.45) is 0 Å². The third kappa shape index (κ3) is 5.67. The van der Waals surface area contributed by atoms with Gasteiger partial charge in [-0.15, -0.1) is 0 Å². The fourth-order valence-corrected chi connectivity index (χ4v) is 5.57. The quantitative estimate of drug-likeness (QED) is 0.646. The van der Waals surface area contributed by atoms with E-state index in [0.29, 0.717) is 24.2 Å². The molecule has 2 N–H and O–H groups in total. The van der Waals surface area contributed by atoms with Crippen LogP contribution in [0.25, 0.3) is 0 Å². The molecule has 1 aliphatic heterocycles. The lowest BCUT2D eigenvalue weighted by atomic mass is 10.1. The maximum absolute atomic E-state index is 13.0. The molecule has 1 aromatic carbocycles. The van der Waals surface area contributed by atoms with Crippen LogP contribution >= 0.6 is 11.3 Å². The normalized spacial score (nSPS) is 17.0. The van der Waals surface area contributed by atoms with Crippen molar-refractivity contribution in [1.82, 2.24) is 14.5 Å². The van der Waals surface area contributed by atoms with E-state index in [1.807, 2.05) is 5.38 Å². The summed E-state index contributed by atoms with van der Waals surface area (Å²) in [5.41, 5.74) is 2.34. The van der Waals surface area contributed by atoms with Crippen LogP contribution in [-0.2, 0) is 14.8 Å². The van der Waals surface area contributed by atoms with Crippen molar-refractivity contribution in [1.29, 1.82) is 0 Å². The van der Waals surface area contributed by atoms with Crippen LogP contribution in [0.4, 0.5) is 5.69 Å². The summed E-state index contributed by atoms with van der Waals surface area (Å²) in [6, 6.07) is 6.95. The molecule has 1 unspecified atom stereocenters. The number of rotatable bonds is 8. The molecule has 0 aliphatic carbocycles. The Balaban J connectivity index is 1.74. The molecule has 9 heteroatoms. The van der Waals surface area contributed by atoms with Crippen LogP contribution in [0.1, 0.15) is 30.5 Å². The summed E-state index contributed by atoms with van der Waals surface area (Å²) in [5.74, 6) is -0.103. The van der Waals surface area contributed by atoms with Crippen LogP contribution in [0, 0.1) is 6.92 Å². The van der Waals surface area contributed by atoms with Gasteiger partial charge in [0.1, 0.15) is 0 Å². The van der Waals surface area contributed by atoms with Crippen LogP contribution in [0.3, 0.4) is 0 Å². The molecule has 2 aromatic rings. The number of hydrogen-bond acceptors (Lipinski definition) is 6. The number of thiophene rings is 1. The summed E-state index contributed by atoms with van der Waals surface area (Å²) in [6.07, 6.45) is 0.372. The molecule has 0 bridgehead atoms. The van der Waals surface area contributed by atoms with E-state index in [4.69, 9.17) is 0 Å². The Morgan fingerprint density at radius 3 is 2.53 bits per heavy atom. The first-order valence-corrected chi connectivity index (χ1v) is 12.6. The number of carbonyl (C=O) groups excluding carboxylic acids is 1. The highest BCUT2D eigenvalue weighted by Crippen LogP contribution is 2.25. The zero-order valence-corrected chi connectivity index (χ0v) is 19.4. The fourth-order valence-electron chi connectivity index (χ4n) is 3.60. The van der Waals surface area contributed by atoms with Crippen molar-refractivity contribution in [2.75, 3.05) is 45.1 Å². The number of hydrogen-bond donors (Lipinski definition) is 2. The van der Waals surface area contributed by atoms with E-state index in [2.05, 4.69) is 38.3 Å². The minimum absolute atomic E-state index is 0.00291. The maximum Gasteiger partial charge on any atom is 0.240 e. The van der Waals surface area contributed by atoms with Gasteiger partial charge in [-0.05, 0) is 60.1 Å². The first-order chi connectivity index (χ1) is 14.3. The Kier molecular flexibility index (Phi) is 7.65. The molecule has 1 saturated heterocycles. The number of amides is 1. The molecule has 1 amide bonds. The zero-order valence-electron chi connectivity index (χ0n) is 17.7. The maximum atomic E-state index is 13.0. The van der Waals surface area contributed by atoms with Gasteiger partial charge < -0.3 is 10.2 Å². The Morgan fingerprint density at radius 2 is 1.93 bits per heavy atom. The minimum atomic E-state index is -3.67. The highest BCUT2D eigenvalue weighted by atomic mass is 32.2. The second kappa shape index (κ2) is 10.0. The van der Waals surface area contributed by atoms with E-state index in [1.165, 1.54) is 0 Å². The lowest BCUT2D eigenvalue weighted by molar-refractivity contribution is -0.115. The molecule has 3 rings (SSSR count). The SMILES string of the molecule is CCC(=O)Nc1ccc(S(=O)(=O)NCC(c2ccsc2)N2CCN(C)CC2)c(C)c1. The lowest BCUT2D eigenvalue weighted by Gasteiger charge is -2.38.